The van der Waals surface area contributed by atoms with Gasteiger partial charge in [0, 0.05) is 6.07 Å². The van der Waals surface area contributed by atoms with E-state index in [1.807, 2.05) is 45.9 Å². The normalized spacial score (nSPS) is 11.6. The van der Waals surface area contributed by atoms with Gasteiger partial charge in [-0.15, -0.1) is 0 Å². The zero-order valence-corrected chi connectivity index (χ0v) is 17.4. The standard InChI is InChI=1S/C21H24N2O4S/c1-14(2)19-13-21(23(22-19)20-11-6-15(3)12-16(20)4)27-28(24,25)18-9-7-17(26-5)8-10-18/h6-14H,1-5H3. The van der Waals surface area contributed by atoms with Gasteiger partial charge in [-0.05, 0) is 55.7 Å². The fourth-order valence-corrected chi connectivity index (χ4v) is 3.75. The Hall–Kier alpha value is -2.80. The molecule has 1 heterocycles. The van der Waals surface area contributed by atoms with Gasteiger partial charge < -0.3 is 8.92 Å². The monoisotopic (exact) mass is 400 g/mol. The molecule has 0 saturated heterocycles. The summed E-state index contributed by atoms with van der Waals surface area (Å²) >= 11 is 0. The van der Waals surface area contributed by atoms with Crippen LogP contribution in [-0.2, 0) is 10.1 Å². The maximum atomic E-state index is 12.8. The molecule has 0 atom stereocenters. The van der Waals surface area contributed by atoms with Gasteiger partial charge in [0.05, 0.1) is 18.5 Å². The van der Waals surface area contributed by atoms with E-state index < -0.39 is 10.1 Å². The van der Waals surface area contributed by atoms with Crippen LogP contribution in [0.4, 0.5) is 0 Å². The molecule has 0 bridgehead atoms. The second-order valence-electron chi connectivity index (χ2n) is 6.98. The highest BCUT2D eigenvalue weighted by molar-refractivity contribution is 7.87. The number of ether oxygens (including phenoxy) is 1. The number of aromatic nitrogens is 2. The van der Waals surface area contributed by atoms with Crippen molar-refractivity contribution in [2.75, 3.05) is 7.11 Å². The molecule has 0 N–H and O–H groups in total. The molecule has 0 unspecified atom stereocenters. The Labute approximate surface area is 165 Å². The summed E-state index contributed by atoms with van der Waals surface area (Å²) in [5.41, 5.74) is 3.62. The van der Waals surface area contributed by atoms with Crippen LogP contribution in [0, 0.1) is 13.8 Å². The fraction of sp³-hybridized carbons (Fsp3) is 0.286. The zero-order valence-electron chi connectivity index (χ0n) is 16.6. The molecule has 3 aromatic rings. The van der Waals surface area contributed by atoms with E-state index in [4.69, 9.17) is 8.92 Å². The number of aryl methyl sites for hydroxylation is 2. The molecule has 0 radical (unpaired) electrons. The van der Waals surface area contributed by atoms with Gasteiger partial charge in [-0.3, -0.25) is 0 Å². The van der Waals surface area contributed by atoms with E-state index in [2.05, 4.69) is 5.10 Å². The lowest BCUT2D eigenvalue weighted by Gasteiger charge is -2.12. The Morgan fingerprint density at radius 1 is 1.00 bits per heavy atom. The first-order chi connectivity index (χ1) is 13.2. The van der Waals surface area contributed by atoms with E-state index in [0.29, 0.717) is 5.75 Å². The van der Waals surface area contributed by atoms with Crippen LogP contribution in [0.15, 0.2) is 53.4 Å². The summed E-state index contributed by atoms with van der Waals surface area (Å²) in [6, 6.07) is 13.6. The quantitative estimate of drug-likeness (QED) is 0.574. The average molecular weight is 401 g/mol. The lowest BCUT2D eigenvalue weighted by molar-refractivity contribution is 0.414. The topological polar surface area (TPSA) is 70.4 Å². The molecule has 0 aliphatic carbocycles. The van der Waals surface area contributed by atoms with Crippen molar-refractivity contribution < 1.29 is 17.3 Å². The molecule has 1 aromatic heterocycles. The van der Waals surface area contributed by atoms with Crippen molar-refractivity contribution in [3.05, 3.63) is 65.4 Å². The maximum absolute atomic E-state index is 12.8. The predicted octanol–water partition coefficient (Wildman–Crippen LogP) is 4.39. The predicted molar refractivity (Wildman–Crippen MR) is 108 cm³/mol. The third-order valence-electron chi connectivity index (χ3n) is 4.41. The highest BCUT2D eigenvalue weighted by Gasteiger charge is 2.22. The summed E-state index contributed by atoms with van der Waals surface area (Å²) in [6.07, 6.45) is 0. The third kappa shape index (κ3) is 4.04. The minimum absolute atomic E-state index is 0.0489. The molecule has 2 aromatic carbocycles. The Kier molecular flexibility index (Phi) is 5.47. The van der Waals surface area contributed by atoms with Crippen LogP contribution in [0.2, 0.25) is 0 Å². The molecule has 0 aliphatic rings. The van der Waals surface area contributed by atoms with Crippen molar-refractivity contribution in [2.24, 2.45) is 0 Å². The lowest BCUT2D eigenvalue weighted by Crippen LogP contribution is -2.13. The van der Waals surface area contributed by atoms with Crippen LogP contribution in [0.3, 0.4) is 0 Å². The summed E-state index contributed by atoms with van der Waals surface area (Å²) in [5, 5.41) is 4.58. The summed E-state index contributed by atoms with van der Waals surface area (Å²) in [5.74, 6) is 0.853. The van der Waals surface area contributed by atoms with Gasteiger partial charge >= 0.3 is 10.1 Å². The lowest BCUT2D eigenvalue weighted by atomic mass is 10.1. The van der Waals surface area contributed by atoms with Gasteiger partial charge in [0.15, 0.2) is 0 Å². The van der Waals surface area contributed by atoms with Crippen molar-refractivity contribution in [3.8, 4) is 17.3 Å². The molecule has 28 heavy (non-hydrogen) atoms. The fourth-order valence-electron chi connectivity index (χ4n) is 2.84. The van der Waals surface area contributed by atoms with Gasteiger partial charge in [0.25, 0.3) is 0 Å². The average Bonchev–Trinajstić information content (AvgIpc) is 3.05. The minimum atomic E-state index is -4.02. The van der Waals surface area contributed by atoms with Crippen LogP contribution in [0.25, 0.3) is 5.69 Å². The van der Waals surface area contributed by atoms with Gasteiger partial charge in [-0.2, -0.15) is 18.2 Å². The van der Waals surface area contributed by atoms with Crippen LogP contribution < -0.4 is 8.92 Å². The molecule has 0 saturated carbocycles. The molecule has 7 heteroatoms. The molecule has 0 spiro atoms. The third-order valence-corrected chi connectivity index (χ3v) is 5.65. The van der Waals surface area contributed by atoms with Crippen molar-refractivity contribution in [1.29, 1.82) is 0 Å². The first-order valence-electron chi connectivity index (χ1n) is 8.97. The van der Waals surface area contributed by atoms with Gasteiger partial charge in [-0.25, -0.2) is 0 Å². The van der Waals surface area contributed by atoms with Crippen molar-refractivity contribution in [2.45, 2.75) is 38.5 Å². The summed E-state index contributed by atoms with van der Waals surface area (Å²) in [4.78, 5) is 0.0489. The van der Waals surface area contributed by atoms with Crippen LogP contribution in [0.1, 0.15) is 36.6 Å². The second kappa shape index (κ2) is 7.67. The van der Waals surface area contributed by atoms with Crippen LogP contribution in [-0.4, -0.2) is 25.3 Å². The Balaban J connectivity index is 2.05. The van der Waals surface area contributed by atoms with E-state index in [9.17, 15) is 8.42 Å². The zero-order chi connectivity index (χ0) is 20.5. The maximum Gasteiger partial charge on any atom is 0.340 e. The van der Waals surface area contributed by atoms with E-state index in [1.165, 1.54) is 19.2 Å². The van der Waals surface area contributed by atoms with Crippen molar-refractivity contribution in [3.63, 3.8) is 0 Å². The van der Waals surface area contributed by atoms with Crippen molar-refractivity contribution in [1.82, 2.24) is 9.78 Å². The number of hydrogen-bond acceptors (Lipinski definition) is 5. The minimum Gasteiger partial charge on any atom is -0.497 e. The molecule has 148 valence electrons. The number of nitrogens with zero attached hydrogens (tertiary/aromatic N) is 2. The second-order valence-corrected chi connectivity index (χ2v) is 8.52. The van der Waals surface area contributed by atoms with E-state index in [1.54, 1.807) is 22.9 Å². The molecular weight excluding hydrogens is 376 g/mol. The summed E-state index contributed by atoms with van der Waals surface area (Å²) in [6.45, 7) is 7.96. The molecule has 3 rings (SSSR count). The van der Waals surface area contributed by atoms with Gasteiger partial charge in [0.1, 0.15) is 10.6 Å². The highest BCUT2D eigenvalue weighted by Crippen LogP contribution is 2.28. The van der Waals surface area contributed by atoms with Gasteiger partial charge in [0.2, 0.25) is 5.88 Å². The largest absolute Gasteiger partial charge is 0.497 e. The Bertz CT molecular complexity index is 1080. The Morgan fingerprint density at radius 2 is 1.68 bits per heavy atom. The molecule has 0 fully saturated rings. The summed E-state index contributed by atoms with van der Waals surface area (Å²) < 4.78 is 37.7. The van der Waals surface area contributed by atoms with Gasteiger partial charge in [-0.1, -0.05) is 31.5 Å². The van der Waals surface area contributed by atoms with E-state index in [-0.39, 0.29) is 16.7 Å². The van der Waals surface area contributed by atoms with Crippen LogP contribution >= 0.6 is 0 Å². The number of methoxy groups -OCH3 is 1. The number of benzene rings is 2. The Morgan fingerprint density at radius 3 is 2.25 bits per heavy atom. The summed E-state index contributed by atoms with van der Waals surface area (Å²) in [7, 11) is -2.49. The first-order valence-corrected chi connectivity index (χ1v) is 10.4. The first kappa shape index (κ1) is 19.9. The van der Waals surface area contributed by atoms with Crippen molar-refractivity contribution >= 4 is 10.1 Å². The molecule has 0 aliphatic heterocycles. The smallest absolute Gasteiger partial charge is 0.340 e. The number of rotatable bonds is 6. The highest BCUT2D eigenvalue weighted by atomic mass is 32.2. The molecule has 6 nitrogen and oxygen atoms in total. The van der Waals surface area contributed by atoms with E-state index in [0.717, 1.165) is 22.5 Å². The number of hydrogen-bond donors (Lipinski definition) is 0. The van der Waals surface area contributed by atoms with E-state index >= 15 is 0 Å². The van der Waals surface area contributed by atoms with Crippen LogP contribution in [0.5, 0.6) is 11.6 Å². The molecular formula is C21H24N2O4S. The SMILES string of the molecule is COc1ccc(S(=O)(=O)Oc2cc(C(C)C)nn2-c2ccc(C)cc2C)cc1. The molecule has 0 amide bonds.